The van der Waals surface area contributed by atoms with E-state index in [1.165, 1.54) is 5.56 Å². The minimum atomic E-state index is -0.368. The Morgan fingerprint density at radius 2 is 2.00 bits per heavy atom. The Kier molecular flexibility index (Phi) is 5.36. The Morgan fingerprint density at radius 3 is 2.70 bits per heavy atom. The Balaban J connectivity index is 1.69. The number of fused-ring (bicyclic) bond motifs is 1. The van der Waals surface area contributed by atoms with Crippen LogP contribution in [0.5, 0.6) is 0 Å². The number of imidazole rings is 1. The van der Waals surface area contributed by atoms with Gasteiger partial charge in [0, 0.05) is 29.4 Å². The van der Waals surface area contributed by atoms with Crippen molar-refractivity contribution in [3.63, 3.8) is 0 Å². The smallest absolute Gasteiger partial charge is 0.248 e. The van der Waals surface area contributed by atoms with Gasteiger partial charge in [0.15, 0.2) is 11.5 Å². The number of nitrogens with zero attached hydrogens (tertiary/aromatic N) is 3. The van der Waals surface area contributed by atoms with Gasteiger partial charge in [-0.1, -0.05) is 44.2 Å². The molecule has 2 aromatic carbocycles. The minimum absolute atomic E-state index is 0.368. The topological polar surface area (TPSA) is 85.3 Å². The van der Waals surface area contributed by atoms with Crippen LogP contribution in [-0.2, 0) is 0 Å². The monoisotopic (exact) mass is 439 g/mol. The zero-order chi connectivity index (χ0) is 23.1. The Hall–Kier alpha value is -3.67. The number of primary amides is 1. The maximum atomic E-state index is 12.0. The highest BCUT2D eigenvalue weighted by molar-refractivity contribution is 5.95. The van der Waals surface area contributed by atoms with E-state index in [1.807, 2.05) is 30.5 Å². The molecule has 1 aliphatic rings. The molecule has 2 heterocycles. The number of anilines is 1. The third-order valence-electron chi connectivity index (χ3n) is 6.22. The highest BCUT2D eigenvalue weighted by atomic mass is 16.1. The van der Waals surface area contributed by atoms with Gasteiger partial charge in [-0.2, -0.15) is 0 Å². The van der Waals surface area contributed by atoms with Gasteiger partial charge < -0.3 is 11.1 Å². The SMILES string of the molecule is Cc1ccccc1-c1cn2c(-c3ccc(C(N)=O)c(C4CC4)c3)cnc2c(NCC(C)C)n1. The van der Waals surface area contributed by atoms with E-state index in [4.69, 9.17) is 15.7 Å². The number of nitrogens with two attached hydrogens (primary N) is 1. The summed E-state index contributed by atoms with van der Waals surface area (Å²) in [6.07, 6.45) is 6.14. The number of hydrogen-bond acceptors (Lipinski definition) is 4. The zero-order valence-electron chi connectivity index (χ0n) is 19.3. The minimum Gasteiger partial charge on any atom is -0.367 e. The molecule has 6 heteroatoms. The van der Waals surface area contributed by atoms with Gasteiger partial charge in [0.25, 0.3) is 0 Å². The van der Waals surface area contributed by atoms with Crippen LogP contribution in [0, 0.1) is 12.8 Å². The second-order valence-electron chi connectivity index (χ2n) is 9.34. The van der Waals surface area contributed by atoms with Crippen LogP contribution in [-0.4, -0.2) is 26.8 Å². The van der Waals surface area contributed by atoms with E-state index in [9.17, 15) is 4.79 Å². The molecule has 1 saturated carbocycles. The van der Waals surface area contributed by atoms with E-state index in [1.54, 1.807) is 0 Å². The van der Waals surface area contributed by atoms with Crippen molar-refractivity contribution in [1.82, 2.24) is 14.4 Å². The van der Waals surface area contributed by atoms with Crippen molar-refractivity contribution in [2.75, 3.05) is 11.9 Å². The fourth-order valence-electron chi connectivity index (χ4n) is 4.29. The quantitative estimate of drug-likeness (QED) is 0.403. The summed E-state index contributed by atoms with van der Waals surface area (Å²) in [5.74, 6) is 1.30. The van der Waals surface area contributed by atoms with Gasteiger partial charge in [0.05, 0.1) is 17.6 Å². The van der Waals surface area contributed by atoms with Crippen molar-refractivity contribution in [2.24, 2.45) is 11.7 Å². The predicted molar refractivity (Wildman–Crippen MR) is 132 cm³/mol. The molecule has 1 amide bonds. The summed E-state index contributed by atoms with van der Waals surface area (Å²) in [7, 11) is 0. The summed E-state index contributed by atoms with van der Waals surface area (Å²) in [5.41, 5.74) is 13.2. The molecule has 0 aliphatic heterocycles. The molecule has 0 unspecified atom stereocenters. The number of benzene rings is 2. The first-order chi connectivity index (χ1) is 15.9. The molecule has 1 fully saturated rings. The first-order valence-electron chi connectivity index (χ1n) is 11.5. The number of nitrogens with one attached hydrogen (secondary N) is 1. The van der Waals surface area contributed by atoms with Gasteiger partial charge in [-0.3, -0.25) is 9.20 Å². The van der Waals surface area contributed by atoms with Crippen molar-refractivity contribution >= 4 is 17.4 Å². The summed E-state index contributed by atoms with van der Waals surface area (Å²) >= 11 is 0. The molecular weight excluding hydrogens is 410 g/mol. The van der Waals surface area contributed by atoms with E-state index in [0.29, 0.717) is 17.4 Å². The van der Waals surface area contributed by atoms with Crippen molar-refractivity contribution in [3.05, 3.63) is 71.5 Å². The third kappa shape index (κ3) is 4.09. The van der Waals surface area contributed by atoms with E-state index in [2.05, 4.69) is 54.9 Å². The molecule has 0 saturated heterocycles. The Labute approximate surface area is 193 Å². The van der Waals surface area contributed by atoms with Gasteiger partial charge in [0.1, 0.15) is 0 Å². The molecule has 1 aliphatic carbocycles. The number of carbonyl (C=O) groups is 1. The van der Waals surface area contributed by atoms with Crippen LogP contribution < -0.4 is 11.1 Å². The van der Waals surface area contributed by atoms with Crippen LogP contribution in [0.25, 0.3) is 28.2 Å². The number of aromatic nitrogens is 3. The second kappa shape index (κ2) is 8.35. The molecule has 5 rings (SSSR count). The van der Waals surface area contributed by atoms with Crippen LogP contribution in [0.4, 0.5) is 5.82 Å². The van der Waals surface area contributed by atoms with Crippen LogP contribution in [0.1, 0.15) is 54.1 Å². The lowest BCUT2D eigenvalue weighted by Gasteiger charge is -2.14. The molecule has 2 aromatic heterocycles. The number of rotatable bonds is 7. The summed E-state index contributed by atoms with van der Waals surface area (Å²) in [6.45, 7) is 7.25. The van der Waals surface area contributed by atoms with Crippen molar-refractivity contribution in [2.45, 2.75) is 39.5 Å². The lowest BCUT2D eigenvalue weighted by molar-refractivity contribution is 0.0999. The summed E-state index contributed by atoms with van der Waals surface area (Å²) in [5, 5.41) is 3.49. The first kappa shape index (κ1) is 21.2. The molecule has 0 bridgehead atoms. The number of hydrogen-bond donors (Lipinski definition) is 2. The third-order valence-corrected chi connectivity index (χ3v) is 6.22. The van der Waals surface area contributed by atoms with Crippen molar-refractivity contribution in [3.8, 4) is 22.5 Å². The zero-order valence-corrected chi connectivity index (χ0v) is 19.3. The molecule has 0 radical (unpaired) electrons. The van der Waals surface area contributed by atoms with Crippen LogP contribution in [0.15, 0.2) is 54.9 Å². The molecular formula is C27H29N5O. The standard InChI is InChI=1S/C27H29N5O/c1-16(2)13-29-26-27-30-14-24(19-10-11-21(25(28)33)22(12-19)18-8-9-18)32(27)15-23(31-26)20-7-5-4-6-17(20)3/h4-7,10-12,14-16,18H,8-9,13H2,1-3H3,(H2,28,33)(H,29,31). The van der Waals surface area contributed by atoms with Gasteiger partial charge in [-0.25, -0.2) is 9.97 Å². The number of amides is 1. The maximum absolute atomic E-state index is 12.0. The Bertz CT molecular complexity index is 1350. The van der Waals surface area contributed by atoms with Gasteiger partial charge in [-0.15, -0.1) is 0 Å². The molecule has 3 N–H and O–H groups in total. The summed E-state index contributed by atoms with van der Waals surface area (Å²) in [6, 6.07) is 14.2. The maximum Gasteiger partial charge on any atom is 0.248 e. The largest absolute Gasteiger partial charge is 0.367 e. The highest BCUT2D eigenvalue weighted by Gasteiger charge is 2.28. The van der Waals surface area contributed by atoms with E-state index >= 15 is 0 Å². The van der Waals surface area contributed by atoms with Crippen LogP contribution in [0.3, 0.4) is 0 Å². The first-order valence-corrected chi connectivity index (χ1v) is 11.5. The molecule has 168 valence electrons. The van der Waals surface area contributed by atoms with Crippen LogP contribution >= 0.6 is 0 Å². The van der Waals surface area contributed by atoms with Crippen LogP contribution in [0.2, 0.25) is 0 Å². The van der Waals surface area contributed by atoms with E-state index in [0.717, 1.165) is 58.9 Å². The van der Waals surface area contributed by atoms with E-state index < -0.39 is 0 Å². The van der Waals surface area contributed by atoms with Gasteiger partial charge in [-0.05, 0) is 54.9 Å². The average Bonchev–Trinajstić information content (AvgIpc) is 3.56. The van der Waals surface area contributed by atoms with Gasteiger partial charge >= 0.3 is 0 Å². The fraction of sp³-hybridized carbons (Fsp3) is 0.296. The summed E-state index contributed by atoms with van der Waals surface area (Å²) in [4.78, 5) is 21.6. The predicted octanol–water partition coefficient (Wildman–Crippen LogP) is 5.42. The van der Waals surface area contributed by atoms with E-state index in [-0.39, 0.29) is 5.91 Å². The number of carbonyl (C=O) groups excluding carboxylic acids is 1. The van der Waals surface area contributed by atoms with Crippen molar-refractivity contribution in [1.29, 1.82) is 0 Å². The lowest BCUT2D eigenvalue weighted by Crippen LogP contribution is -2.13. The fourth-order valence-corrected chi connectivity index (χ4v) is 4.29. The molecule has 4 aromatic rings. The molecule has 6 nitrogen and oxygen atoms in total. The molecule has 0 atom stereocenters. The Morgan fingerprint density at radius 1 is 1.21 bits per heavy atom. The number of aryl methyl sites for hydroxylation is 1. The molecule has 0 spiro atoms. The summed E-state index contributed by atoms with van der Waals surface area (Å²) < 4.78 is 2.10. The highest BCUT2D eigenvalue weighted by Crippen LogP contribution is 2.43. The normalized spacial score (nSPS) is 13.6. The molecule has 33 heavy (non-hydrogen) atoms. The lowest BCUT2D eigenvalue weighted by atomic mass is 9.98. The second-order valence-corrected chi connectivity index (χ2v) is 9.34. The van der Waals surface area contributed by atoms with Gasteiger partial charge in [0.2, 0.25) is 5.91 Å². The average molecular weight is 440 g/mol. The van der Waals surface area contributed by atoms with Crippen molar-refractivity contribution < 1.29 is 4.79 Å².